The third-order valence-electron chi connectivity index (χ3n) is 3.89. The Morgan fingerprint density at radius 3 is 1.10 bits per heavy atom. The third-order valence-corrected chi connectivity index (χ3v) is 3.89. The zero-order valence-corrected chi connectivity index (χ0v) is 13.9. The molecule has 0 amide bonds. The van der Waals surface area contributed by atoms with Crippen molar-refractivity contribution in [1.82, 2.24) is 16.0 Å². The second-order valence-corrected chi connectivity index (χ2v) is 6.95. The fraction of sp³-hybridized carbons (Fsp3) is 1.00. The van der Waals surface area contributed by atoms with Gasteiger partial charge >= 0.3 is 0 Å². The van der Waals surface area contributed by atoms with Crippen LogP contribution in [0.1, 0.15) is 40.0 Å². The van der Waals surface area contributed by atoms with Crippen molar-refractivity contribution in [2.24, 2.45) is 17.2 Å². The highest BCUT2D eigenvalue weighted by atomic mass is 15.0. The van der Waals surface area contributed by atoms with Gasteiger partial charge in [0, 0.05) is 55.9 Å². The van der Waals surface area contributed by atoms with Crippen molar-refractivity contribution < 1.29 is 0 Å². The monoisotopic (exact) mass is 300 g/mol. The average Bonchev–Trinajstić information content (AvgIpc) is 2.40. The van der Waals surface area contributed by atoms with E-state index in [0.717, 1.165) is 38.9 Å². The lowest BCUT2D eigenvalue weighted by Crippen LogP contribution is -2.54. The summed E-state index contributed by atoms with van der Waals surface area (Å²) >= 11 is 0. The molecule has 21 heavy (non-hydrogen) atoms. The minimum Gasteiger partial charge on any atom is -0.327 e. The summed E-state index contributed by atoms with van der Waals surface area (Å²) in [5.41, 5.74) is 17.5. The van der Waals surface area contributed by atoms with Crippen LogP contribution in [-0.2, 0) is 0 Å². The first-order chi connectivity index (χ1) is 9.86. The van der Waals surface area contributed by atoms with Gasteiger partial charge in [0.2, 0.25) is 0 Å². The van der Waals surface area contributed by atoms with Gasteiger partial charge in [0.1, 0.15) is 0 Å². The average molecular weight is 300 g/mol. The molecule has 0 aromatic rings. The highest BCUT2D eigenvalue weighted by Gasteiger charge is 2.28. The second kappa shape index (κ2) is 9.71. The molecule has 1 aliphatic carbocycles. The summed E-state index contributed by atoms with van der Waals surface area (Å²) < 4.78 is 0. The molecular formula is C15H36N6. The lowest BCUT2D eigenvalue weighted by molar-refractivity contribution is 0.245. The smallest absolute Gasteiger partial charge is 0.0136 e. The molecule has 0 aliphatic heterocycles. The van der Waals surface area contributed by atoms with E-state index in [1.807, 2.05) is 20.8 Å². The molecule has 5 atom stereocenters. The van der Waals surface area contributed by atoms with Crippen molar-refractivity contribution in [3.8, 4) is 0 Å². The summed E-state index contributed by atoms with van der Waals surface area (Å²) in [5.74, 6) is 0. The molecule has 6 nitrogen and oxygen atoms in total. The molecule has 1 saturated carbocycles. The number of nitrogens with one attached hydrogen (secondary N) is 3. The summed E-state index contributed by atoms with van der Waals surface area (Å²) in [6, 6.07) is 2.08. The summed E-state index contributed by atoms with van der Waals surface area (Å²) in [6.07, 6.45) is 3.40. The predicted octanol–water partition coefficient (Wildman–Crippen LogP) is -0.913. The Kier molecular flexibility index (Phi) is 8.70. The van der Waals surface area contributed by atoms with Gasteiger partial charge < -0.3 is 33.2 Å². The van der Waals surface area contributed by atoms with Crippen LogP contribution in [0.2, 0.25) is 0 Å². The number of nitrogens with two attached hydrogens (primary N) is 3. The Bertz CT molecular complexity index is 220. The SMILES string of the molecule is C[C@H](N)CNC1CC(NC[C@@H](C)N)CC(NC[C@@H](C)N)C1. The quantitative estimate of drug-likeness (QED) is 0.328. The molecule has 1 rings (SSSR count). The van der Waals surface area contributed by atoms with Crippen LogP contribution in [0.4, 0.5) is 0 Å². The molecule has 1 aliphatic rings. The van der Waals surface area contributed by atoms with Gasteiger partial charge in [0.25, 0.3) is 0 Å². The molecule has 0 aromatic carbocycles. The van der Waals surface area contributed by atoms with Crippen LogP contribution in [0.3, 0.4) is 0 Å². The minimum absolute atomic E-state index is 0.192. The van der Waals surface area contributed by atoms with Gasteiger partial charge in [0.05, 0.1) is 0 Å². The molecule has 6 heteroatoms. The van der Waals surface area contributed by atoms with E-state index in [-0.39, 0.29) is 18.1 Å². The molecule has 0 saturated heterocycles. The second-order valence-electron chi connectivity index (χ2n) is 6.95. The summed E-state index contributed by atoms with van der Waals surface area (Å²) in [4.78, 5) is 0. The molecule has 0 heterocycles. The van der Waals surface area contributed by atoms with Gasteiger partial charge in [-0.2, -0.15) is 0 Å². The summed E-state index contributed by atoms with van der Waals surface area (Å²) in [6.45, 7) is 8.70. The van der Waals surface area contributed by atoms with Crippen LogP contribution in [-0.4, -0.2) is 55.9 Å². The first kappa shape index (κ1) is 18.8. The maximum Gasteiger partial charge on any atom is 0.0136 e. The first-order valence-electron chi connectivity index (χ1n) is 8.33. The highest BCUT2D eigenvalue weighted by molar-refractivity contribution is 4.91. The molecule has 0 bridgehead atoms. The normalized spacial score (nSPS) is 30.9. The van der Waals surface area contributed by atoms with Gasteiger partial charge in [-0.15, -0.1) is 0 Å². The maximum atomic E-state index is 5.85. The van der Waals surface area contributed by atoms with E-state index in [0.29, 0.717) is 18.1 Å². The van der Waals surface area contributed by atoms with Crippen molar-refractivity contribution in [2.75, 3.05) is 19.6 Å². The maximum absolute atomic E-state index is 5.85. The van der Waals surface area contributed by atoms with E-state index < -0.39 is 0 Å². The molecule has 0 spiro atoms. The Balaban J connectivity index is 2.46. The van der Waals surface area contributed by atoms with E-state index in [1.54, 1.807) is 0 Å². The van der Waals surface area contributed by atoms with Gasteiger partial charge in [-0.05, 0) is 40.0 Å². The first-order valence-corrected chi connectivity index (χ1v) is 8.33. The molecular weight excluding hydrogens is 264 g/mol. The van der Waals surface area contributed by atoms with E-state index in [4.69, 9.17) is 17.2 Å². The highest BCUT2D eigenvalue weighted by Crippen LogP contribution is 2.19. The molecule has 2 unspecified atom stereocenters. The van der Waals surface area contributed by atoms with Crippen LogP contribution >= 0.6 is 0 Å². The number of rotatable bonds is 9. The van der Waals surface area contributed by atoms with Gasteiger partial charge in [-0.3, -0.25) is 0 Å². The number of hydrogen-bond acceptors (Lipinski definition) is 6. The molecule has 0 radical (unpaired) electrons. The fourth-order valence-electron chi connectivity index (χ4n) is 2.88. The standard InChI is InChI=1S/C15H36N6/c1-10(16)7-19-13-4-14(20-8-11(2)17)6-15(5-13)21-9-12(3)18/h10-15,19-21H,4-9,16-18H2,1-3H3/t10-,11-,12+,13?,14?,15?/m1/s1. The van der Waals surface area contributed by atoms with Gasteiger partial charge in [0.15, 0.2) is 0 Å². The summed E-state index contributed by atoms with van der Waals surface area (Å²) in [5, 5.41) is 10.8. The van der Waals surface area contributed by atoms with Crippen LogP contribution in [0.25, 0.3) is 0 Å². The zero-order valence-electron chi connectivity index (χ0n) is 13.9. The summed E-state index contributed by atoms with van der Waals surface area (Å²) in [7, 11) is 0. The van der Waals surface area contributed by atoms with Crippen LogP contribution in [0.5, 0.6) is 0 Å². The Morgan fingerprint density at radius 1 is 0.667 bits per heavy atom. The third kappa shape index (κ3) is 8.70. The van der Waals surface area contributed by atoms with Crippen LogP contribution in [0.15, 0.2) is 0 Å². The van der Waals surface area contributed by atoms with Crippen molar-refractivity contribution in [3.63, 3.8) is 0 Å². The topological polar surface area (TPSA) is 114 Å². The predicted molar refractivity (Wildman–Crippen MR) is 90.2 cm³/mol. The lowest BCUT2D eigenvalue weighted by Gasteiger charge is -2.37. The number of hydrogen-bond donors (Lipinski definition) is 6. The van der Waals surface area contributed by atoms with E-state index in [1.165, 1.54) is 0 Å². The molecule has 1 fully saturated rings. The van der Waals surface area contributed by atoms with Crippen molar-refractivity contribution >= 4 is 0 Å². The van der Waals surface area contributed by atoms with Crippen molar-refractivity contribution in [3.05, 3.63) is 0 Å². The van der Waals surface area contributed by atoms with Crippen molar-refractivity contribution in [1.29, 1.82) is 0 Å². The Morgan fingerprint density at radius 2 is 0.905 bits per heavy atom. The van der Waals surface area contributed by atoms with E-state index in [2.05, 4.69) is 16.0 Å². The molecule has 9 N–H and O–H groups in total. The largest absolute Gasteiger partial charge is 0.327 e. The van der Waals surface area contributed by atoms with Crippen LogP contribution in [0, 0.1) is 0 Å². The van der Waals surface area contributed by atoms with E-state index in [9.17, 15) is 0 Å². The molecule has 0 aromatic heterocycles. The lowest BCUT2D eigenvalue weighted by atomic mass is 9.86. The van der Waals surface area contributed by atoms with E-state index >= 15 is 0 Å². The zero-order chi connectivity index (χ0) is 15.8. The van der Waals surface area contributed by atoms with Crippen LogP contribution < -0.4 is 33.2 Å². The van der Waals surface area contributed by atoms with Crippen molar-refractivity contribution in [2.45, 2.75) is 76.3 Å². The molecule has 126 valence electrons. The Labute approximate surface area is 130 Å². The Hall–Kier alpha value is -0.240. The fourth-order valence-corrected chi connectivity index (χ4v) is 2.88. The van der Waals surface area contributed by atoms with Gasteiger partial charge in [-0.1, -0.05) is 0 Å². The van der Waals surface area contributed by atoms with Gasteiger partial charge in [-0.25, -0.2) is 0 Å². The minimum atomic E-state index is 0.192.